The van der Waals surface area contributed by atoms with Crippen molar-refractivity contribution in [2.45, 2.75) is 32.9 Å². The maximum Gasteiger partial charge on any atom is 0.237 e. The third-order valence-corrected chi connectivity index (χ3v) is 1.38. The van der Waals surface area contributed by atoms with Gasteiger partial charge < -0.3 is 11.1 Å². The second-order valence-electron chi connectivity index (χ2n) is 2.63. The van der Waals surface area contributed by atoms with Crippen LogP contribution in [0.15, 0.2) is 0 Å². The molecule has 0 aromatic rings. The number of amides is 1. The van der Waals surface area contributed by atoms with Crippen LogP contribution in [0, 0.1) is 0 Å². The van der Waals surface area contributed by atoms with Crippen LogP contribution in [0.3, 0.4) is 0 Å². The first-order valence-electron chi connectivity index (χ1n) is 3.51. The van der Waals surface area contributed by atoms with Gasteiger partial charge >= 0.3 is 0 Å². The van der Waals surface area contributed by atoms with Gasteiger partial charge in [0.15, 0.2) is 5.78 Å². The van der Waals surface area contributed by atoms with E-state index in [1.807, 2.05) is 0 Å². The molecule has 0 radical (unpaired) electrons. The van der Waals surface area contributed by atoms with Crippen molar-refractivity contribution in [3.63, 3.8) is 0 Å². The van der Waals surface area contributed by atoms with Gasteiger partial charge in [0.1, 0.15) is 0 Å². The molecule has 1 amide bonds. The molecule has 0 aromatic heterocycles. The summed E-state index contributed by atoms with van der Waals surface area (Å²) in [7, 11) is 0. The van der Waals surface area contributed by atoms with Crippen LogP contribution in [-0.4, -0.2) is 23.8 Å². The Morgan fingerprint density at radius 1 is 1.36 bits per heavy atom. The normalized spacial score (nSPS) is 15.3. The molecule has 0 spiro atoms. The molecule has 0 saturated carbocycles. The van der Waals surface area contributed by atoms with Gasteiger partial charge in [0.2, 0.25) is 5.91 Å². The first kappa shape index (κ1) is 10.1. The summed E-state index contributed by atoms with van der Waals surface area (Å²) in [5, 5.41) is 2.47. The lowest BCUT2D eigenvalue weighted by Crippen LogP contribution is -2.45. The average Bonchev–Trinajstić information content (AvgIpc) is 1.87. The summed E-state index contributed by atoms with van der Waals surface area (Å²) >= 11 is 0. The summed E-state index contributed by atoms with van der Waals surface area (Å²) in [4.78, 5) is 21.5. The van der Waals surface area contributed by atoms with Crippen molar-refractivity contribution in [3.05, 3.63) is 0 Å². The van der Waals surface area contributed by atoms with Gasteiger partial charge in [-0.1, -0.05) is 0 Å². The van der Waals surface area contributed by atoms with E-state index in [4.69, 9.17) is 5.73 Å². The van der Waals surface area contributed by atoms with Crippen molar-refractivity contribution in [2.75, 3.05) is 0 Å². The molecular formula is C7H14N2O2. The lowest BCUT2D eigenvalue weighted by molar-refractivity contribution is -0.127. The zero-order chi connectivity index (χ0) is 9.02. The molecule has 2 unspecified atom stereocenters. The van der Waals surface area contributed by atoms with Gasteiger partial charge in [0, 0.05) is 0 Å². The SMILES string of the molecule is CC(=O)C(C)NC(=O)C(C)N. The number of carbonyl (C=O) groups is 2. The van der Waals surface area contributed by atoms with Crippen LogP contribution < -0.4 is 11.1 Å². The quantitative estimate of drug-likeness (QED) is 0.577. The molecule has 3 N–H and O–H groups in total. The van der Waals surface area contributed by atoms with E-state index in [0.717, 1.165) is 0 Å². The van der Waals surface area contributed by atoms with Crippen LogP contribution >= 0.6 is 0 Å². The summed E-state index contributed by atoms with van der Waals surface area (Å²) in [6.07, 6.45) is 0. The van der Waals surface area contributed by atoms with Gasteiger partial charge in [-0.3, -0.25) is 9.59 Å². The van der Waals surface area contributed by atoms with E-state index in [1.165, 1.54) is 6.92 Å². The van der Waals surface area contributed by atoms with Crippen molar-refractivity contribution < 1.29 is 9.59 Å². The highest BCUT2D eigenvalue weighted by Gasteiger charge is 2.13. The summed E-state index contributed by atoms with van der Waals surface area (Å²) in [6.45, 7) is 4.62. The first-order valence-corrected chi connectivity index (χ1v) is 3.51. The Morgan fingerprint density at radius 2 is 1.82 bits per heavy atom. The van der Waals surface area contributed by atoms with Crippen molar-refractivity contribution in [3.8, 4) is 0 Å². The monoisotopic (exact) mass is 158 g/mol. The van der Waals surface area contributed by atoms with Crippen LogP contribution in [0.25, 0.3) is 0 Å². The fourth-order valence-electron chi connectivity index (χ4n) is 0.446. The van der Waals surface area contributed by atoms with Gasteiger partial charge in [0.05, 0.1) is 12.1 Å². The van der Waals surface area contributed by atoms with Crippen molar-refractivity contribution in [1.82, 2.24) is 5.32 Å². The fourth-order valence-corrected chi connectivity index (χ4v) is 0.446. The van der Waals surface area contributed by atoms with Crippen molar-refractivity contribution >= 4 is 11.7 Å². The topological polar surface area (TPSA) is 72.2 Å². The number of hydrogen-bond acceptors (Lipinski definition) is 3. The molecule has 0 bridgehead atoms. The molecule has 0 aromatic carbocycles. The highest BCUT2D eigenvalue weighted by molar-refractivity contribution is 5.88. The number of nitrogens with one attached hydrogen (secondary N) is 1. The Bertz CT molecular complexity index is 166. The molecule has 0 saturated heterocycles. The summed E-state index contributed by atoms with van der Waals surface area (Å²) in [6, 6.07) is -0.995. The standard InChI is InChI=1S/C7H14N2O2/c1-4(8)7(11)9-5(2)6(3)10/h4-5H,8H2,1-3H3,(H,9,11). The van der Waals surface area contributed by atoms with Gasteiger partial charge in [-0.15, -0.1) is 0 Å². The molecule has 4 nitrogen and oxygen atoms in total. The molecule has 2 atom stereocenters. The molecule has 0 aliphatic rings. The van der Waals surface area contributed by atoms with Crippen LogP contribution in [-0.2, 0) is 9.59 Å². The lowest BCUT2D eigenvalue weighted by Gasteiger charge is -2.11. The Morgan fingerprint density at radius 3 is 2.09 bits per heavy atom. The average molecular weight is 158 g/mol. The number of ketones is 1. The largest absolute Gasteiger partial charge is 0.345 e. The number of Topliss-reactive ketones (excluding diaryl/α,β-unsaturated/α-hetero) is 1. The minimum absolute atomic E-state index is 0.0704. The summed E-state index contributed by atoms with van der Waals surface area (Å²) in [5.74, 6) is -0.369. The third-order valence-electron chi connectivity index (χ3n) is 1.38. The second-order valence-corrected chi connectivity index (χ2v) is 2.63. The smallest absolute Gasteiger partial charge is 0.237 e. The molecule has 64 valence electrons. The van der Waals surface area contributed by atoms with Crippen LogP contribution in [0.5, 0.6) is 0 Å². The molecular weight excluding hydrogens is 144 g/mol. The van der Waals surface area contributed by atoms with E-state index >= 15 is 0 Å². The first-order chi connectivity index (χ1) is 4.95. The van der Waals surface area contributed by atoms with E-state index in [2.05, 4.69) is 5.32 Å². The van der Waals surface area contributed by atoms with E-state index in [-0.39, 0.29) is 11.7 Å². The van der Waals surface area contributed by atoms with Crippen molar-refractivity contribution in [2.24, 2.45) is 5.73 Å². The molecule has 0 rings (SSSR count). The van der Waals surface area contributed by atoms with Gasteiger partial charge in [-0.05, 0) is 20.8 Å². The van der Waals surface area contributed by atoms with E-state index in [0.29, 0.717) is 0 Å². The second kappa shape index (κ2) is 4.08. The van der Waals surface area contributed by atoms with Crippen LogP contribution in [0.2, 0.25) is 0 Å². The highest BCUT2D eigenvalue weighted by Crippen LogP contribution is 1.84. The molecule has 0 heterocycles. The zero-order valence-electron chi connectivity index (χ0n) is 7.05. The zero-order valence-corrected chi connectivity index (χ0v) is 7.05. The predicted molar refractivity (Wildman–Crippen MR) is 41.9 cm³/mol. The summed E-state index contributed by atoms with van der Waals surface area (Å²) < 4.78 is 0. The van der Waals surface area contributed by atoms with Crippen LogP contribution in [0.1, 0.15) is 20.8 Å². The fraction of sp³-hybridized carbons (Fsp3) is 0.714. The molecule has 4 heteroatoms. The molecule has 0 fully saturated rings. The summed E-state index contributed by atoms with van der Waals surface area (Å²) in [5.41, 5.74) is 5.26. The lowest BCUT2D eigenvalue weighted by atomic mass is 10.2. The number of nitrogens with two attached hydrogens (primary N) is 1. The minimum atomic E-state index is -0.559. The Hall–Kier alpha value is -0.900. The number of rotatable bonds is 3. The highest BCUT2D eigenvalue weighted by atomic mass is 16.2. The van der Waals surface area contributed by atoms with Gasteiger partial charge in [-0.25, -0.2) is 0 Å². The minimum Gasteiger partial charge on any atom is -0.345 e. The van der Waals surface area contributed by atoms with Gasteiger partial charge in [0.25, 0.3) is 0 Å². The third kappa shape index (κ3) is 3.72. The molecule has 0 aliphatic heterocycles. The predicted octanol–water partition coefficient (Wildman–Crippen LogP) is -0.573. The van der Waals surface area contributed by atoms with Gasteiger partial charge in [-0.2, -0.15) is 0 Å². The Kier molecular flexibility index (Phi) is 3.74. The maximum absolute atomic E-state index is 10.9. The number of carbonyl (C=O) groups excluding carboxylic acids is 2. The molecule has 0 aliphatic carbocycles. The maximum atomic E-state index is 10.9. The van der Waals surface area contributed by atoms with E-state index < -0.39 is 12.1 Å². The Labute approximate surface area is 66.1 Å². The van der Waals surface area contributed by atoms with E-state index in [1.54, 1.807) is 13.8 Å². The van der Waals surface area contributed by atoms with Crippen molar-refractivity contribution in [1.29, 1.82) is 0 Å². The molecule has 11 heavy (non-hydrogen) atoms. The van der Waals surface area contributed by atoms with E-state index in [9.17, 15) is 9.59 Å². The Balaban J connectivity index is 3.85. The number of hydrogen-bond donors (Lipinski definition) is 2. The van der Waals surface area contributed by atoms with Crippen LogP contribution in [0.4, 0.5) is 0 Å².